The van der Waals surface area contributed by atoms with Crippen molar-refractivity contribution in [3.63, 3.8) is 0 Å². The van der Waals surface area contributed by atoms with Gasteiger partial charge in [0.2, 0.25) is 5.91 Å². The molecule has 0 bridgehead atoms. The summed E-state index contributed by atoms with van der Waals surface area (Å²) in [6.45, 7) is 21.5. The third-order valence-electron chi connectivity index (χ3n) is 7.70. The summed E-state index contributed by atoms with van der Waals surface area (Å²) < 4.78 is 5.55. The van der Waals surface area contributed by atoms with Crippen LogP contribution >= 0.6 is 0 Å². The molecule has 2 aromatic carbocycles. The molecule has 3 amide bonds. The average Bonchev–Trinajstić information content (AvgIpc) is 2.89. The van der Waals surface area contributed by atoms with Gasteiger partial charge in [-0.25, -0.2) is 4.79 Å². The van der Waals surface area contributed by atoms with E-state index in [2.05, 4.69) is 24.5 Å². The van der Waals surface area contributed by atoms with Gasteiger partial charge in [-0.15, -0.1) is 0 Å². The number of hydrogen-bond acceptors (Lipinski definition) is 4. The van der Waals surface area contributed by atoms with Crippen LogP contribution in [0.3, 0.4) is 0 Å². The summed E-state index contributed by atoms with van der Waals surface area (Å²) in [7, 11) is 0. The molecule has 2 N–H and O–H groups in total. The number of benzene rings is 2. The van der Waals surface area contributed by atoms with Crippen molar-refractivity contribution in [2.75, 3.05) is 5.32 Å². The summed E-state index contributed by atoms with van der Waals surface area (Å²) in [4.78, 5) is 43.8. The topological polar surface area (TPSA) is 87.7 Å². The first-order chi connectivity index (χ1) is 19.5. The number of alkyl carbamates (subject to hydrolysis) is 1. The van der Waals surface area contributed by atoms with Crippen LogP contribution in [0.25, 0.3) is 0 Å². The van der Waals surface area contributed by atoms with E-state index in [4.69, 9.17) is 4.74 Å². The van der Waals surface area contributed by atoms with E-state index in [0.29, 0.717) is 24.4 Å². The highest BCUT2D eigenvalue weighted by Gasteiger charge is 2.41. The van der Waals surface area contributed by atoms with Crippen molar-refractivity contribution in [2.24, 2.45) is 11.8 Å². The number of carbonyl (C=O) groups excluding carboxylic acids is 3. The van der Waals surface area contributed by atoms with Gasteiger partial charge in [-0.1, -0.05) is 76.1 Å². The highest BCUT2D eigenvalue weighted by Crippen LogP contribution is 2.32. The second-order valence-electron chi connectivity index (χ2n) is 13.1. The fourth-order valence-corrected chi connectivity index (χ4v) is 4.98. The smallest absolute Gasteiger partial charge is 0.408 e. The Morgan fingerprint density at radius 1 is 0.905 bits per heavy atom. The minimum Gasteiger partial charge on any atom is -0.444 e. The molecule has 7 nitrogen and oxygen atoms in total. The fraction of sp³-hybridized carbons (Fsp3) is 0.571. The zero-order valence-electron chi connectivity index (χ0n) is 27.6. The van der Waals surface area contributed by atoms with Crippen LogP contribution in [-0.2, 0) is 14.3 Å². The first kappa shape index (κ1) is 34.8. The van der Waals surface area contributed by atoms with E-state index >= 15 is 0 Å². The van der Waals surface area contributed by atoms with E-state index in [-0.39, 0.29) is 23.8 Å². The molecule has 4 atom stereocenters. The number of hydrogen-bond donors (Lipinski definition) is 2. The molecule has 2 rings (SSSR count). The van der Waals surface area contributed by atoms with E-state index in [1.165, 1.54) is 0 Å². The molecule has 0 saturated heterocycles. The van der Waals surface area contributed by atoms with Gasteiger partial charge >= 0.3 is 6.09 Å². The lowest BCUT2D eigenvalue weighted by molar-refractivity contribution is -0.144. The Hall–Kier alpha value is -3.35. The summed E-state index contributed by atoms with van der Waals surface area (Å²) in [5.41, 5.74) is 3.60. The molecule has 7 heteroatoms. The van der Waals surface area contributed by atoms with Crippen LogP contribution < -0.4 is 10.6 Å². The van der Waals surface area contributed by atoms with Crippen LogP contribution in [-0.4, -0.2) is 40.5 Å². The van der Waals surface area contributed by atoms with E-state index in [9.17, 15) is 14.4 Å². The maximum absolute atomic E-state index is 14.7. The van der Waals surface area contributed by atoms with Gasteiger partial charge in [-0.2, -0.15) is 0 Å². The van der Waals surface area contributed by atoms with Crippen molar-refractivity contribution in [1.29, 1.82) is 0 Å². The standard InChI is InChI=1S/C35H53N3O4/c1-12-24(5)30(37-34(41)42-35(9,10)11)33(40)38(27(8)20-17-22(2)3)31(28-21-23(4)18-19-25(28)6)32(39)36-29-16-14-13-15-26(29)7/h13-16,18-19,21-22,24,27,30-31H,12,17,20H2,1-11H3,(H,36,39)(H,37,41). The lowest BCUT2D eigenvalue weighted by atomic mass is 9.91. The Labute approximate surface area is 253 Å². The molecule has 0 spiro atoms. The highest BCUT2D eigenvalue weighted by atomic mass is 16.6. The second kappa shape index (κ2) is 15.2. The van der Waals surface area contributed by atoms with Crippen LogP contribution in [0.2, 0.25) is 0 Å². The zero-order valence-corrected chi connectivity index (χ0v) is 27.6. The molecule has 0 aliphatic carbocycles. The number of nitrogens with one attached hydrogen (secondary N) is 2. The Morgan fingerprint density at radius 3 is 2.12 bits per heavy atom. The lowest BCUT2D eigenvalue weighted by Crippen LogP contribution is -2.57. The first-order valence-corrected chi connectivity index (χ1v) is 15.3. The highest BCUT2D eigenvalue weighted by molar-refractivity contribution is 5.99. The third-order valence-corrected chi connectivity index (χ3v) is 7.70. The predicted molar refractivity (Wildman–Crippen MR) is 171 cm³/mol. The monoisotopic (exact) mass is 579 g/mol. The lowest BCUT2D eigenvalue weighted by Gasteiger charge is -2.40. The first-order valence-electron chi connectivity index (χ1n) is 15.3. The molecule has 0 aliphatic heterocycles. The molecule has 0 aromatic heterocycles. The third kappa shape index (κ3) is 9.88. The molecule has 0 aliphatic rings. The van der Waals surface area contributed by atoms with Gasteiger partial charge in [0.25, 0.3) is 5.91 Å². The Bertz CT molecular complexity index is 1220. The molecule has 0 fully saturated rings. The van der Waals surface area contributed by atoms with Gasteiger partial charge < -0.3 is 20.3 Å². The second-order valence-corrected chi connectivity index (χ2v) is 13.1. The summed E-state index contributed by atoms with van der Waals surface area (Å²) >= 11 is 0. The van der Waals surface area contributed by atoms with Crippen molar-refractivity contribution < 1.29 is 19.1 Å². The van der Waals surface area contributed by atoms with Crippen molar-refractivity contribution in [2.45, 2.75) is 119 Å². The summed E-state index contributed by atoms with van der Waals surface area (Å²) in [6.07, 6.45) is 1.60. The maximum atomic E-state index is 14.7. The van der Waals surface area contributed by atoms with Gasteiger partial charge in [-0.3, -0.25) is 9.59 Å². The quantitative estimate of drug-likeness (QED) is 0.268. The number of para-hydroxylation sites is 1. The summed E-state index contributed by atoms with van der Waals surface area (Å²) in [5.74, 6) is -0.349. The van der Waals surface area contributed by atoms with Crippen LogP contribution in [0.1, 0.15) is 103 Å². The number of carbonyl (C=O) groups is 3. The molecule has 0 radical (unpaired) electrons. The molecule has 42 heavy (non-hydrogen) atoms. The fourth-order valence-electron chi connectivity index (χ4n) is 4.98. The minimum absolute atomic E-state index is 0.191. The molecule has 0 heterocycles. The van der Waals surface area contributed by atoms with Crippen LogP contribution in [0.5, 0.6) is 0 Å². The van der Waals surface area contributed by atoms with Gasteiger partial charge in [0, 0.05) is 11.7 Å². The largest absolute Gasteiger partial charge is 0.444 e. The van der Waals surface area contributed by atoms with Crippen molar-refractivity contribution >= 4 is 23.6 Å². The number of nitrogens with zero attached hydrogens (tertiary/aromatic N) is 1. The summed E-state index contributed by atoms with van der Waals surface area (Å²) in [6, 6.07) is 11.6. The van der Waals surface area contributed by atoms with E-state index in [1.807, 2.05) is 84.0 Å². The van der Waals surface area contributed by atoms with E-state index in [1.54, 1.807) is 25.7 Å². The van der Waals surface area contributed by atoms with Crippen LogP contribution in [0.4, 0.5) is 10.5 Å². The van der Waals surface area contributed by atoms with Gasteiger partial charge in [0.1, 0.15) is 17.7 Å². The summed E-state index contributed by atoms with van der Waals surface area (Å²) in [5, 5.41) is 5.99. The molecule has 2 aromatic rings. The number of amides is 3. The van der Waals surface area contributed by atoms with Gasteiger partial charge in [-0.05, 0) is 95.9 Å². The van der Waals surface area contributed by atoms with Crippen molar-refractivity contribution in [3.05, 3.63) is 64.7 Å². The maximum Gasteiger partial charge on any atom is 0.408 e. The van der Waals surface area contributed by atoms with Gasteiger partial charge in [0.05, 0.1) is 0 Å². The Morgan fingerprint density at radius 2 is 1.55 bits per heavy atom. The molecular formula is C35H53N3O4. The Balaban J connectivity index is 2.72. The molecular weight excluding hydrogens is 526 g/mol. The van der Waals surface area contributed by atoms with E-state index in [0.717, 1.165) is 28.7 Å². The zero-order chi connectivity index (χ0) is 31.8. The average molecular weight is 580 g/mol. The van der Waals surface area contributed by atoms with Crippen LogP contribution in [0, 0.1) is 32.6 Å². The predicted octanol–water partition coefficient (Wildman–Crippen LogP) is 7.88. The van der Waals surface area contributed by atoms with E-state index < -0.39 is 23.8 Å². The molecule has 232 valence electrons. The van der Waals surface area contributed by atoms with Crippen molar-refractivity contribution in [1.82, 2.24) is 10.2 Å². The normalized spacial score (nSPS) is 14.5. The van der Waals surface area contributed by atoms with Gasteiger partial charge in [0.15, 0.2) is 0 Å². The number of rotatable bonds is 12. The minimum atomic E-state index is -0.911. The number of aryl methyl sites for hydroxylation is 3. The molecule has 0 saturated carbocycles. The molecule has 4 unspecified atom stereocenters. The number of ether oxygens (including phenoxy) is 1. The SMILES string of the molecule is CCC(C)C(NC(=O)OC(C)(C)C)C(=O)N(C(C)CCC(C)C)C(C(=O)Nc1ccccc1C)c1cc(C)ccc1C. The Kier molecular flexibility index (Phi) is 12.6. The number of anilines is 1. The van der Waals surface area contributed by atoms with Crippen LogP contribution in [0.15, 0.2) is 42.5 Å². The van der Waals surface area contributed by atoms with Crippen molar-refractivity contribution in [3.8, 4) is 0 Å².